The molecule has 2 fully saturated rings. The summed E-state index contributed by atoms with van der Waals surface area (Å²) in [6.45, 7) is 14.1. The van der Waals surface area contributed by atoms with E-state index in [1.54, 1.807) is 0 Å². The summed E-state index contributed by atoms with van der Waals surface area (Å²) in [6, 6.07) is 0. The zero-order valence-corrected chi connectivity index (χ0v) is 21.0. The minimum Gasteiger partial charge on any atom is -0.396 e. The van der Waals surface area contributed by atoms with Crippen molar-refractivity contribution in [2.24, 2.45) is 46.3 Å². The Kier molecular flexibility index (Phi) is 7.79. The minimum atomic E-state index is -0.376. The number of hydrogen-bond donors (Lipinski definition) is 2. The van der Waals surface area contributed by atoms with Crippen molar-refractivity contribution < 1.29 is 15.0 Å². The Labute approximate surface area is 191 Å². The van der Waals surface area contributed by atoms with E-state index in [4.69, 9.17) is 0 Å². The molecule has 0 aromatic heterocycles. The van der Waals surface area contributed by atoms with Gasteiger partial charge in [-0.1, -0.05) is 59.1 Å². The summed E-state index contributed by atoms with van der Waals surface area (Å²) in [5, 5.41) is 20.1. The highest BCUT2D eigenvalue weighted by atomic mass is 16.3. The largest absolute Gasteiger partial charge is 0.396 e. The highest BCUT2D eigenvalue weighted by Gasteiger charge is 2.55. The summed E-state index contributed by atoms with van der Waals surface area (Å²) < 4.78 is 0. The van der Waals surface area contributed by atoms with Gasteiger partial charge in [0.15, 0.2) is 0 Å². The van der Waals surface area contributed by atoms with Crippen LogP contribution in [-0.4, -0.2) is 28.7 Å². The van der Waals surface area contributed by atoms with Crippen LogP contribution >= 0.6 is 0 Å². The fourth-order valence-corrected chi connectivity index (χ4v) is 7.48. The van der Waals surface area contributed by atoms with Gasteiger partial charge in [-0.15, -0.1) is 0 Å². The Morgan fingerprint density at radius 3 is 2.45 bits per heavy atom. The summed E-state index contributed by atoms with van der Waals surface area (Å²) in [4.78, 5) is 13.8. The second-order valence-corrected chi connectivity index (χ2v) is 12.2. The number of aliphatic hydroxyl groups is 2. The third-order valence-electron chi connectivity index (χ3n) is 10.2. The van der Waals surface area contributed by atoms with Crippen LogP contribution in [0.5, 0.6) is 0 Å². The molecule has 0 aromatic rings. The van der Waals surface area contributed by atoms with Crippen LogP contribution in [0.25, 0.3) is 0 Å². The molecule has 3 aliphatic rings. The molecule has 0 saturated heterocycles. The number of fused-ring (bicyclic) bond motifs is 1. The Morgan fingerprint density at radius 1 is 1.10 bits per heavy atom. The number of hydrogen-bond acceptors (Lipinski definition) is 3. The third-order valence-corrected chi connectivity index (χ3v) is 10.2. The topological polar surface area (TPSA) is 57.5 Å². The number of ketones is 1. The van der Waals surface area contributed by atoms with Crippen molar-refractivity contribution in [3.63, 3.8) is 0 Å². The van der Waals surface area contributed by atoms with Crippen LogP contribution in [0.2, 0.25) is 0 Å². The van der Waals surface area contributed by atoms with Gasteiger partial charge < -0.3 is 10.2 Å². The molecule has 0 radical (unpaired) electrons. The molecular formula is C28H48O3. The fourth-order valence-electron chi connectivity index (χ4n) is 7.48. The second-order valence-electron chi connectivity index (χ2n) is 12.2. The van der Waals surface area contributed by atoms with E-state index in [1.165, 1.54) is 24.8 Å². The van der Waals surface area contributed by atoms with Gasteiger partial charge >= 0.3 is 0 Å². The maximum Gasteiger partial charge on any atom is 0.146 e. The van der Waals surface area contributed by atoms with Crippen molar-refractivity contribution in [2.75, 3.05) is 6.61 Å². The van der Waals surface area contributed by atoms with Gasteiger partial charge in [0.05, 0.1) is 6.10 Å². The summed E-state index contributed by atoms with van der Waals surface area (Å²) >= 11 is 0. The molecule has 0 spiro atoms. The van der Waals surface area contributed by atoms with Gasteiger partial charge in [0.1, 0.15) is 5.78 Å². The van der Waals surface area contributed by atoms with Crippen LogP contribution in [-0.2, 0) is 4.79 Å². The van der Waals surface area contributed by atoms with Crippen molar-refractivity contribution in [3.8, 4) is 0 Å². The average Bonchev–Trinajstić information content (AvgIpc) is 3.04. The third kappa shape index (κ3) is 4.69. The molecule has 2 saturated carbocycles. The Balaban J connectivity index is 1.79. The van der Waals surface area contributed by atoms with Gasteiger partial charge in [0, 0.05) is 17.9 Å². The van der Waals surface area contributed by atoms with Crippen molar-refractivity contribution in [1.29, 1.82) is 0 Å². The molecule has 0 amide bonds. The molecule has 3 aliphatic carbocycles. The first-order valence-electron chi connectivity index (χ1n) is 13.1. The maximum atomic E-state index is 13.8. The SMILES string of the molecule is CC(C)C(C)CC[C@@H](C)[C@H]1CC[C@@H]([C@@H]2CC=C3C[C@@H](O)CC[C@]3(C)C2=O)[C@]1(C)CCO. The van der Waals surface area contributed by atoms with E-state index < -0.39 is 0 Å². The molecule has 8 atom stereocenters. The lowest BCUT2D eigenvalue weighted by Crippen LogP contribution is -2.47. The zero-order chi connectivity index (χ0) is 23.0. The number of rotatable bonds is 8. The predicted molar refractivity (Wildman–Crippen MR) is 128 cm³/mol. The summed E-state index contributed by atoms with van der Waals surface area (Å²) in [7, 11) is 0. The molecule has 0 heterocycles. The van der Waals surface area contributed by atoms with Crippen molar-refractivity contribution in [3.05, 3.63) is 11.6 Å². The van der Waals surface area contributed by atoms with Crippen LogP contribution in [0.1, 0.15) is 99.3 Å². The van der Waals surface area contributed by atoms with Crippen LogP contribution < -0.4 is 0 Å². The van der Waals surface area contributed by atoms with Gasteiger partial charge in [-0.3, -0.25) is 4.79 Å². The average molecular weight is 433 g/mol. The summed E-state index contributed by atoms with van der Waals surface area (Å²) in [5.41, 5.74) is 0.839. The molecule has 0 bridgehead atoms. The molecule has 3 heteroatoms. The molecule has 2 N–H and O–H groups in total. The molecule has 3 rings (SSSR count). The Morgan fingerprint density at radius 2 is 1.81 bits per heavy atom. The van der Waals surface area contributed by atoms with E-state index in [2.05, 4.69) is 47.6 Å². The monoisotopic (exact) mass is 432 g/mol. The first kappa shape index (κ1) is 25.0. The molecule has 31 heavy (non-hydrogen) atoms. The molecule has 0 aliphatic heterocycles. The first-order valence-corrected chi connectivity index (χ1v) is 13.1. The van der Waals surface area contributed by atoms with E-state index >= 15 is 0 Å². The highest BCUT2D eigenvalue weighted by molar-refractivity contribution is 5.91. The number of allylic oxidation sites excluding steroid dienone is 1. The van der Waals surface area contributed by atoms with Gasteiger partial charge in [-0.25, -0.2) is 0 Å². The van der Waals surface area contributed by atoms with Gasteiger partial charge in [0.2, 0.25) is 0 Å². The number of aliphatic hydroxyl groups excluding tert-OH is 2. The number of Topliss-reactive ketones (excluding diaryl/α,β-unsaturated/α-hetero) is 1. The normalized spacial score (nSPS) is 40.5. The highest BCUT2D eigenvalue weighted by Crippen LogP contribution is 2.59. The number of carbonyl (C=O) groups is 1. The molecule has 178 valence electrons. The van der Waals surface area contributed by atoms with Crippen molar-refractivity contribution in [2.45, 2.75) is 105 Å². The molecule has 3 nitrogen and oxygen atoms in total. The van der Waals surface area contributed by atoms with Crippen molar-refractivity contribution in [1.82, 2.24) is 0 Å². The van der Waals surface area contributed by atoms with E-state index in [0.717, 1.165) is 43.9 Å². The zero-order valence-electron chi connectivity index (χ0n) is 21.0. The number of carbonyl (C=O) groups excluding carboxylic acids is 1. The molecular weight excluding hydrogens is 384 g/mol. The maximum absolute atomic E-state index is 13.8. The Bertz CT molecular complexity index is 667. The molecule has 1 unspecified atom stereocenters. The quantitative estimate of drug-likeness (QED) is 0.451. The van der Waals surface area contributed by atoms with Crippen LogP contribution in [0.4, 0.5) is 0 Å². The fraction of sp³-hybridized carbons (Fsp3) is 0.893. The van der Waals surface area contributed by atoms with E-state index in [0.29, 0.717) is 30.0 Å². The van der Waals surface area contributed by atoms with E-state index in [9.17, 15) is 15.0 Å². The van der Waals surface area contributed by atoms with Gasteiger partial charge in [0.25, 0.3) is 0 Å². The van der Waals surface area contributed by atoms with E-state index in [1.807, 2.05) is 0 Å². The predicted octanol–water partition coefficient (Wildman–Crippen LogP) is 6.18. The lowest BCUT2D eigenvalue weighted by atomic mass is 9.56. The van der Waals surface area contributed by atoms with E-state index in [-0.39, 0.29) is 29.5 Å². The smallest absolute Gasteiger partial charge is 0.146 e. The lowest BCUT2D eigenvalue weighted by molar-refractivity contribution is -0.136. The minimum absolute atomic E-state index is 0.0332. The second kappa shape index (κ2) is 9.67. The summed E-state index contributed by atoms with van der Waals surface area (Å²) in [5.74, 6) is 3.55. The van der Waals surface area contributed by atoms with Crippen LogP contribution in [0.15, 0.2) is 11.6 Å². The van der Waals surface area contributed by atoms with Gasteiger partial charge in [-0.05, 0) is 86.9 Å². The first-order chi connectivity index (χ1) is 14.5. The Hall–Kier alpha value is -0.670. The van der Waals surface area contributed by atoms with Crippen molar-refractivity contribution >= 4 is 5.78 Å². The van der Waals surface area contributed by atoms with Crippen LogP contribution in [0, 0.1) is 46.3 Å². The van der Waals surface area contributed by atoms with Crippen LogP contribution in [0.3, 0.4) is 0 Å². The standard InChI is InChI=1S/C28H48O3/c1-18(2)19(3)7-8-20(4)24-11-12-25(28(24,6)15-16-29)23-10-9-21-17-22(30)13-14-27(21,5)26(23)31/h9,18-20,22-25,29-30H,7-8,10-17H2,1-6H3/t19?,20-,22+,23+,24-,25+,27+,28-/m1/s1. The summed E-state index contributed by atoms with van der Waals surface area (Å²) in [6.07, 6.45) is 10.7. The molecule has 0 aromatic carbocycles. The van der Waals surface area contributed by atoms with Gasteiger partial charge in [-0.2, -0.15) is 0 Å². The lowest BCUT2D eigenvalue weighted by Gasteiger charge is -2.48.